The lowest BCUT2D eigenvalue weighted by Gasteiger charge is -2.33. The van der Waals surface area contributed by atoms with Gasteiger partial charge in [-0.3, -0.25) is 4.79 Å². The van der Waals surface area contributed by atoms with Gasteiger partial charge in [-0.15, -0.1) is 0 Å². The Labute approximate surface area is 153 Å². The summed E-state index contributed by atoms with van der Waals surface area (Å²) in [4.78, 5) is 12.2. The molecule has 2 N–H and O–H groups in total. The second-order valence-corrected chi connectivity index (χ2v) is 7.35. The summed E-state index contributed by atoms with van der Waals surface area (Å²) in [6.07, 6.45) is -0.538. The van der Waals surface area contributed by atoms with Gasteiger partial charge in [-0.05, 0) is 30.2 Å². The average Bonchev–Trinajstić information content (AvgIpc) is 3.07. The number of hydrogen-bond donors (Lipinski definition) is 2. The predicted octanol–water partition coefficient (Wildman–Crippen LogP) is 3.77. The quantitative estimate of drug-likeness (QED) is 0.749. The van der Waals surface area contributed by atoms with Crippen molar-refractivity contribution >= 4 is 5.91 Å². The maximum absolute atomic E-state index is 13.5. The minimum absolute atomic E-state index is 0.0196. The molecule has 0 radical (unpaired) electrons. The SMILES string of the molecule is CC(C)[C@H](O)C(C)(C)CNC(=O)c1ccc(COc2ccccc2F)o1. The third-order valence-electron chi connectivity index (χ3n) is 4.23. The Morgan fingerprint density at radius 3 is 2.62 bits per heavy atom. The van der Waals surface area contributed by atoms with E-state index in [1.54, 1.807) is 24.3 Å². The summed E-state index contributed by atoms with van der Waals surface area (Å²) in [5.74, 6) is -0.0482. The second kappa shape index (κ2) is 8.36. The number of furan rings is 1. The summed E-state index contributed by atoms with van der Waals surface area (Å²) < 4.78 is 24.3. The van der Waals surface area contributed by atoms with Gasteiger partial charge in [-0.1, -0.05) is 39.8 Å². The first-order valence-corrected chi connectivity index (χ1v) is 8.63. The number of aliphatic hydroxyl groups is 1. The van der Waals surface area contributed by atoms with Crippen LogP contribution in [-0.4, -0.2) is 23.7 Å². The first kappa shape index (κ1) is 20.0. The van der Waals surface area contributed by atoms with Gasteiger partial charge in [0, 0.05) is 12.0 Å². The zero-order chi connectivity index (χ0) is 19.3. The van der Waals surface area contributed by atoms with Crippen molar-refractivity contribution in [3.8, 4) is 5.75 Å². The van der Waals surface area contributed by atoms with Gasteiger partial charge in [0.25, 0.3) is 5.91 Å². The summed E-state index contributed by atoms with van der Waals surface area (Å²) in [6, 6.07) is 9.24. The molecule has 2 aromatic rings. The zero-order valence-corrected chi connectivity index (χ0v) is 15.6. The molecule has 26 heavy (non-hydrogen) atoms. The van der Waals surface area contributed by atoms with E-state index in [-0.39, 0.29) is 29.9 Å². The number of aliphatic hydroxyl groups excluding tert-OH is 1. The van der Waals surface area contributed by atoms with Crippen molar-refractivity contribution in [2.45, 2.75) is 40.4 Å². The summed E-state index contributed by atoms with van der Waals surface area (Å²) in [7, 11) is 0. The van der Waals surface area contributed by atoms with E-state index in [0.717, 1.165) is 0 Å². The van der Waals surface area contributed by atoms with Crippen molar-refractivity contribution < 1.29 is 23.4 Å². The predicted molar refractivity (Wildman–Crippen MR) is 96.4 cm³/mol. The Kier molecular flexibility index (Phi) is 6.42. The summed E-state index contributed by atoms with van der Waals surface area (Å²) in [5.41, 5.74) is -0.465. The molecule has 0 aliphatic carbocycles. The first-order chi connectivity index (χ1) is 12.2. The molecule has 1 aromatic carbocycles. The molecule has 0 bridgehead atoms. The Hall–Kier alpha value is -2.34. The highest BCUT2D eigenvalue weighted by Crippen LogP contribution is 2.25. The van der Waals surface area contributed by atoms with E-state index in [4.69, 9.17) is 9.15 Å². The van der Waals surface area contributed by atoms with E-state index in [2.05, 4.69) is 5.32 Å². The third-order valence-corrected chi connectivity index (χ3v) is 4.23. The van der Waals surface area contributed by atoms with Gasteiger partial charge in [-0.25, -0.2) is 4.39 Å². The fraction of sp³-hybridized carbons (Fsp3) is 0.450. The summed E-state index contributed by atoms with van der Waals surface area (Å²) in [5, 5.41) is 13.0. The molecule has 1 atom stereocenters. The summed E-state index contributed by atoms with van der Waals surface area (Å²) in [6.45, 7) is 7.99. The van der Waals surface area contributed by atoms with E-state index in [1.165, 1.54) is 12.1 Å². The molecule has 1 amide bonds. The van der Waals surface area contributed by atoms with Crippen LogP contribution < -0.4 is 10.1 Å². The van der Waals surface area contributed by atoms with Gasteiger partial charge in [0.2, 0.25) is 0 Å². The molecule has 1 heterocycles. The van der Waals surface area contributed by atoms with Gasteiger partial charge in [-0.2, -0.15) is 0 Å². The van der Waals surface area contributed by atoms with Crippen molar-refractivity contribution in [2.24, 2.45) is 11.3 Å². The van der Waals surface area contributed by atoms with E-state index in [0.29, 0.717) is 12.3 Å². The molecule has 1 aromatic heterocycles. The number of rotatable bonds is 8. The lowest BCUT2D eigenvalue weighted by molar-refractivity contribution is 0.0136. The molecule has 0 saturated heterocycles. The fourth-order valence-corrected chi connectivity index (χ4v) is 2.69. The van der Waals surface area contributed by atoms with Crippen molar-refractivity contribution in [2.75, 3.05) is 6.54 Å². The standard InChI is InChI=1S/C20H26FNO4/c1-13(2)18(23)20(3,4)12-22-19(24)17-10-9-14(26-17)11-25-16-8-6-5-7-15(16)21/h5-10,13,18,23H,11-12H2,1-4H3,(H,22,24)/t18-/m0/s1. The van der Waals surface area contributed by atoms with Crippen LogP contribution in [0.2, 0.25) is 0 Å². The number of benzene rings is 1. The number of nitrogens with one attached hydrogen (secondary N) is 1. The molecule has 142 valence electrons. The van der Waals surface area contributed by atoms with Gasteiger partial charge < -0.3 is 19.6 Å². The molecule has 0 fully saturated rings. The Morgan fingerprint density at radius 2 is 1.96 bits per heavy atom. The molecule has 0 spiro atoms. The monoisotopic (exact) mass is 363 g/mol. The lowest BCUT2D eigenvalue weighted by Crippen LogP contribution is -2.43. The van der Waals surface area contributed by atoms with Crippen LogP contribution in [0.5, 0.6) is 5.75 Å². The lowest BCUT2D eigenvalue weighted by atomic mass is 9.80. The Balaban J connectivity index is 1.90. The molecule has 6 heteroatoms. The number of para-hydroxylation sites is 1. The first-order valence-electron chi connectivity index (χ1n) is 8.63. The largest absolute Gasteiger partial charge is 0.483 e. The number of amides is 1. The fourth-order valence-electron chi connectivity index (χ4n) is 2.69. The topological polar surface area (TPSA) is 71.7 Å². The smallest absolute Gasteiger partial charge is 0.287 e. The molecule has 5 nitrogen and oxygen atoms in total. The highest BCUT2D eigenvalue weighted by molar-refractivity contribution is 5.91. The van der Waals surface area contributed by atoms with E-state index >= 15 is 0 Å². The van der Waals surface area contributed by atoms with Gasteiger partial charge in [0.15, 0.2) is 17.3 Å². The number of hydrogen-bond acceptors (Lipinski definition) is 4. The van der Waals surface area contributed by atoms with Gasteiger partial charge in [0.1, 0.15) is 12.4 Å². The molecular weight excluding hydrogens is 337 g/mol. The molecular formula is C20H26FNO4. The maximum Gasteiger partial charge on any atom is 0.287 e. The Bertz CT molecular complexity index is 739. The normalized spacial score (nSPS) is 12.9. The highest BCUT2D eigenvalue weighted by atomic mass is 19.1. The minimum atomic E-state index is -0.538. The van der Waals surface area contributed by atoms with Crippen LogP contribution in [0.25, 0.3) is 0 Å². The molecule has 0 aliphatic rings. The third kappa shape index (κ3) is 5.08. The van der Waals surface area contributed by atoms with Crippen molar-refractivity contribution in [3.05, 3.63) is 53.7 Å². The minimum Gasteiger partial charge on any atom is -0.483 e. The van der Waals surface area contributed by atoms with Crippen molar-refractivity contribution in [1.82, 2.24) is 5.32 Å². The van der Waals surface area contributed by atoms with Crippen molar-refractivity contribution in [3.63, 3.8) is 0 Å². The van der Waals surface area contributed by atoms with Crippen LogP contribution in [0.15, 0.2) is 40.8 Å². The molecule has 2 rings (SSSR count). The van der Waals surface area contributed by atoms with Crippen LogP contribution in [-0.2, 0) is 6.61 Å². The molecule has 0 unspecified atom stereocenters. The van der Waals surface area contributed by atoms with Crippen LogP contribution in [0.4, 0.5) is 4.39 Å². The number of halogens is 1. The van der Waals surface area contributed by atoms with Gasteiger partial charge in [0.05, 0.1) is 6.10 Å². The zero-order valence-electron chi connectivity index (χ0n) is 15.6. The van der Waals surface area contributed by atoms with E-state index in [1.807, 2.05) is 27.7 Å². The maximum atomic E-state index is 13.5. The van der Waals surface area contributed by atoms with Crippen LogP contribution in [0, 0.1) is 17.2 Å². The van der Waals surface area contributed by atoms with Crippen molar-refractivity contribution in [1.29, 1.82) is 0 Å². The number of ether oxygens (including phenoxy) is 1. The average molecular weight is 363 g/mol. The van der Waals surface area contributed by atoms with Crippen LogP contribution in [0.1, 0.15) is 44.0 Å². The highest BCUT2D eigenvalue weighted by Gasteiger charge is 2.30. The van der Waals surface area contributed by atoms with Gasteiger partial charge >= 0.3 is 0 Å². The molecule has 0 aliphatic heterocycles. The number of carbonyl (C=O) groups excluding carboxylic acids is 1. The van der Waals surface area contributed by atoms with E-state index in [9.17, 15) is 14.3 Å². The van der Waals surface area contributed by atoms with Crippen LogP contribution >= 0.6 is 0 Å². The van der Waals surface area contributed by atoms with Crippen LogP contribution in [0.3, 0.4) is 0 Å². The second-order valence-electron chi connectivity index (χ2n) is 7.35. The Morgan fingerprint density at radius 1 is 1.27 bits per heavy atom. The number of carbonyl (C=O) groups is 1. The molecule has 0 saturated carbocycles. The summed E-state index contributed by atoms with van der Waals surface area (Å²) >= 11 is 0. The van der Waals surface area contributed by atoms with E-state index < -0.39 is 17.3 Å².